The first-order chi connectivity index (χ1) is 13.2. The fraction of sp³-hybridized carbons (Fsp3) is 0.526. The number of hydrogen-bond donors (Lipinski definition) is 0. The third-order valence-corrected chi connectivity index (χ3v) is 7.46. The normalized spacial score (nSPS) is 33.4. The molecular weight excluding hydrogens is 386 g/mol. The van der Waals surface area contributed by atoms with E-state index in [-0.39, 0.29) is 16.5 Å². The first-order valence-electron chi connectivity index (χ1n) is 9.25. The zero-order valence-corrected chi connectivity index (χ0v) is 16.0. The zero-order valence-electron chi connectivity index (χ0n) is 15.2. The molecule has 1 aromatic carbocycles. The van der Waals surface area contributed by atoms with Gasteiger partial charge in [-0.25, -0.2) is 4.79 Å². The summed E-state index contributed by atoms with van der Waals surface area (Å²) >= 11 is 0. The van der Waals surface area contributed by atoms with Crippen molar-refractivity contribution in [3.63, 3.8) is 0 Å². The van der Waals surface area contributed by atoms with Gasteiger partial charge in [-0.1, -0.05) is 12.6 Å². The summed E-state index contributed by atoms with van der Waals surface area (Å²) in [5, 5.41) is 11.0. The molecule has 0 radical (unpaired) electrons. The maximum atomic E-state index is 12.9. The fourth-order valence-corrected chi connectivity index (χ4v) is 6.64. The molecule has 0 heterocycles. The number of benzene rings is 1. The van der Waals surface area contributed by atoms with Gasteiger partial charge in [-0.2, -0.15) is 8.42 Å². The standard InChI is InChI=1S/C19H21NO7S/c1-2-17(21)26-19-10-12-6-13(11-19)8-14(7-12)18(19)27-28(24,25)16-5-3-4-15(9-16)20(22)23/h2-5,9,12-14,18H,1,6-8,10-11H2. The van der Waals surface area contributed by atoms with Crippen LogP contribution in [0.5, 0.6) is 0 Å². The van der Waals surface area contributed by atoms with E-state index in [1.54, 1.807) is 0 Å². The number of carbonyl (C=O) groups excluding carboxylic acids is 1. The van der Waals surface area contributed by atoms with Crippen LogP contribution in [0.3, 0.4) is 0 Å². The van der Waals surface area contributed by atoms with Crippen molar-refractivity contribution in [2.75, 3.05) is 0 Å². The first kappa shape index (κ1) is 19.1. The highest BCUT2D eigenvalue weighted by atomic mass is 32.2. The minimum Gasteiger partial charge on any atom is -0.453 e. The topological polar surface area (TPSA) is 113 Å². The van der Waals surface area contributed by atoms with Crippen molar-refractivity contribution >= 4 is 21.8 Å². The van der Waals surface area contributed by atoms with Gasteiger partial charge in [-0.3, -0.25) is 14.3 Å². The molecule has 1 aromatic rings. The molecule has 0 aromatic heterocycles. The largest absolute Gasteiger partial charge is 0.453 e. The Morgan fingerprint density at radius 1 is 1.25 bits per heavy atom. The van der Waals surface area contributed by atoms with Gasteiger partial charge in [-0.15, -0.1) is 0 Å². The quantitative estimate of drug-likeness (QED) is 0.234. The minimum atomic E-state index is -4.26. The number of nitro groups is 1. The second-order valence-electron chi connectivity index (χ2n) is 8.02. The smallest absolute Gasteiger partial charge is 0.330 e. The van der Waals surface area contributed by atoms with Crippen LogP contribution in [0.15, 0.2) is 41.8 Å². The SMILES string of the molecule is C=CC(=O)OC12CC3CC(CC(C3)C1OS(=O)(=O)c1cccc([N+](=O)[O-])c1)C2. The Bertz CT molecular complexity index is 927. The van der Waals surface area contributed by atoms with E-state index >= 15 is 0 Å². The van der Waals surface area contributed by atoms with Gasteiger partial charge in [-0.05, 0) is 55.9 Å². The number of nitro benzene ring substituents is 1. The average molecular weight is 407 g/mol. The zero-order chi connectivity index (χ0) is 20.1. The first-order valence-corrected chi connectivity index (χ1v) is 10.7. The summed E-state index contributed by atoms with van der Waals surface area (Å²) in [6.07, 6.45) is 4.13. The van der Waals surface area contributed by atoms with Crippen molar-refractivity contribution in [1.82, 2.24) is 0 Å². The lowest BCUT2D eigenvalue weighted by Gasteiger charge is -2.58. The number of nitrogens with zero attached hydrogens (tertiary/aromatic N) is 1. The summed E-state index contributed by atoms with van der Waals surface area (Å²) < 4.78 is 37.1. The van der Waals surface area contributed by atoms with Crippen LogP contribution in [0, 0.1) is 27.9 Å². The summed E-state index contributed by atoms with van der Waals surface area (Å²) in [7, 11) is -4.26. The fourth-order valence-electron chi connectivity index (χ4n) is 5.41. The Labute approximate surface area is 162 Å². The average Bonchev–Trinajstić information content (AvgIpc) is 2.64. The Balaban J connectivity index is 1.67. The van der Waals surface area contributed by atoms with Crippen LogP contribution in [0.2, 0.25) is 0 Å². The highest BCUT2D eigenvalue weighted by Gasteiger charge is 2.61. The van der Waals surface area contributed by atoms with Gasteiger partial charge in [0.1, 0.15) is 16.6 Å². The van der Waals surface area contributed by atoms with Crippen LogP contribution < -0.4 is 0 Å². The molecule has 4 aliphatic rings. The number of carbonyl (C=O) groups is 1. The van der Waals surface area contributed by atoms with Gasteiger partial charge < -0.3 is 4.74 Å². The van der Waals surface area contributed by atoms with Crippen molar-refractivity contribution in [2.45, 2.75) is 48.7 Å². The van der Waals surface area contributed by atoms with Gasteiger partial charge >= 0.3 is 5.97 Å². The third kappa shape index (κ3) is 3.22. The van der Waals surface area contributed by atoms with Crippen LogP contribution in [-0.2, 0) is 23.8 Å². The summed E-state index contributed by atoms with van der Waals surface area (Å²) in [6.45, 7) is 3.43. The molecule has 5 rings (SSSR count). The van der Waals surface area contributed by atoms with Gasteiger partial charge in [0.2, 0.25) is 0 Å². The number of rotatable bonds is 6. The molecule has 9 heteroatoms. The number of non-ortho nitro benzene ring substituents is 1. The predicted octanol–water partition coefficient (Wildman–Crippen LogP) is 2.98. The Morgan fingerprint density at radius 2 is 1.93 bits per heavy atom. The third-order valence-electron chi connectivity index (χ3n) is 6.17. The van der Waals surface area contributed by atoms with Crippen molar-refractivity contribution in [2.24, 2.45) is 17.8 Å². The second-order valence-corrected chi connectivity index (χ2v) is 9.59. The highest BCUT2D eigenvalue weighted by molar-refractivity contribution is 7.86. The Morgan fingerprint density at radius 3 is 2.54 bits per heavy atom. The molecule has 3 atom stereocenters. The highest BCUT2D eigenvalue weighted by Crippen LogP contribution is 2.58. The van der Waals surface area contributed by atoms with E-state index in [9.17, 15) is 23.3 Å². The van der Waals surface area contributed by atoms with Crippen LogP contribution in [0.4, 0.5) is 5.69 Å². The number of esters is 1. The molecular formula is C19H21NO7S. The van der Waals surface area contributed by atoms with E-state index in [1.165, 1.54) is 18.2 Å². The van der Waals surface area contributed by atoms with Crippen molar-refractivity contribution in [3.8, 4) is 0 Å². The lowest BCUT2D eigenvalue weighted by Crippen LogP contribution is -2.63. The molecule has 4 fully saturated rings. The molecule has 0 aliphatic heterocycles. The van der Waals surface area contributed by atoms with E-state index < -0.39 is 32.7 Å². The monoisotopic (exact) mass is 407 g/mol. The van der Waals surface area contributed by atoms with Crippen molar-refractivity contribution in [1.29, 1.82) is 0 Å². The molecule has 150 valence electrons. The molecule has 4 aliphatic carbocycles. The van der Waals surface area contributed by atoms with Crippen molar-refractivity contribution in [3.05, 3.63) is 47.0 Å². The Hall–Kier alpha value is -2.26. The van der Waals surface area contributed by atoms with E-state index in [0.717, 1.165) is 31.4 Å². The summed E-state index contributed by atoms with van der Waals surface area (Å²) in [6, 6.07) is 4.77. The molecule has 0 saturated heterocycles. The van der Waals surface area contributed by atoms with Crippen LogP contribution in [-0.4, -0.2) is 31.0 Å². The molecule has 8 nitrogen and oxygen atoms in total. The summed E-state index contributed by atoms with van der Waals surface area (Å²) in [5.41, 5.74) is -1.32. The molecule has 0 N–H and O–H groups in total. The predicted molar refractivity (Wildman–Crippen MR) is 97.7 cm³/mol. The molecule has 3 unspecified atom stereocenters. The van der Waals surface area contributed by atoms with Gasteiger partial charge in [0, 0.05) is 18.2 Å². The maximum Gasteiger partial charge on any atom is 0.330 e. The van der Waals surface area contributed by atoms with Crippen LogP contribution in [0.1, 0.15) is 32.1 Å². The van der Waals surface area contributed by atoms with E-state index in [0.29, 0.717) is 24.7 Å². The maximum absolute atomic E-state index is 12.9. The molecule has 4 bridgehead atoms. The van der Waals surface area contributed by atoms with Gasteiger partial charge in [0.15, 0.2) is 0 Å². The van der Waals surface area contributed by atoms with E-state index in [2.05, 4.69) is 6.58 Å². The minimum absolute atomic E-state index is 0.0302. The summed E-state index contributed by atoms with van der Waals surface area (Å²) in [4.78, 5) is 22.0. The lowest BCUT2D eigenvalue weighted by atomic mass is 9.53. The van der Waals surface area contributed by atoms with E-state index in [1.807, 2.05) is 0 Å². The number of ether oxygens (including phenoxy) is 1. The van der Waals surface area contributed by atoms with Gasteiger partial charge in [0.05, 0.1) is 4.92 Å². The molecule has 28 heavy (non-hydrogen) atoms. The van der Waals surface area contributed by atoms with Crippen LogP contribution >= 0.6 is 0 Å². The molecule has 4 saturated carbocycles. The Kier molecular flexibility index (Phi) is 4.54. The number of hydrogen-bond acceptors (Lipinski definition) is 7. The molecule has 0 spiro atoms. The van der Waals surface area contributed by atoms with E-state index in [4.69, 9.17) is 8.92 Å². The summed E-state index contributed by atoms with van der Waals surface area (Å²) in [5.74, 6) is 0.145. The van der Waals surface area contributed by atoms with Crippen LogP contribution in [0.25, 0.3) is 0 Å². The van der Waals surface area contributed by atoms with Gasteiger partial charge in [0.25, 0.3) is 15.8 Å². The second kappa shape index (κ2) is 6.66. The van der Waals surface area contributed by atoms with Crippen molar-refractivity contribution < 1.29 is 27.1 Å². The molecule has 0 amide bonds. The lowest BCUT2D eigenvalue weighted by molar-refractivity contribution is -0.385.